The lowest BCUT2D eigenvalue weighted by Crippen LogP contribution is -1.81. The van der Waals surface area contributed by atoms with E-state index in [1.165, 1.54) is 13.7 Å². The van der Waals surface area contributed by atoms with Crippen molar-refractivity contribution in [2.75, 3.05) is 0 Å². The summed E-state index contributed by atoms with van der Waals surface area (Å²) in [5.74, 6) is 0. The third kappa shape index (κ3) is 1.34. The van der Waals surface area contributed by atoms with Crippen LogP contribution in [0, 0.1) is 21.8 Å². The maximum Gasteiger partial charge on any atom is 0.0994 e. The first-order valence-electron chi connectivity index (χ1n) is 3.80. The van der Waals surface area contributed by atoms with E-state index in [1.807, 2.05) is 19.1 Å². The summed E-state index contributed by atoms with van der Waals surface area (Å²) in [4.78, 5) is 0. The van der Waals surface area contributed by atoms with Crippen molar-refractivity contribution in [1.29, 1.82) is 5.26 Å². The Morgan fingerprint density at radius 2 is 2.23 bits per heavy atom. The van der Waals surface area contributed by atoms with Gasteiger partial charge >= 0.3 is 0 Å². The number of rotatable bonds is 0. The van der Waals surface area contributed by atoms with Crippen molar-refractivity contribution in [2.24, 2.45) is 0 Å². The Kier molecular flexibility index (Phi) is 2.26. The first kappa shape index (κ1) is 8.97. The monoisotopic (exact) mass is 299 g/mol. The number of hydrogen-bond donors (Lipinski definition) is 0. The van der Waals surface area contributed by atoms with Crippen molar-refractivity contribution in [3.8, 4) is 6.07 Å². The molecule has 0 spiro atoms. The maximum atomic E-state index is 8.84. The van der Waals surface area contributed by atoms with Crippen LogP contribution >= 0.6 is 33.9 Å². The Balaban J connectivity index is 2.90. The molecule has 0 aliphatic carbocycles. The predicted molar refractivity (Wildman–Crippen MR) is 64.0 cm³/mol. The third-order valence-corrected chi connectivity index (χ3v) is 4.49. The number of nitriles is 1. The van der Waals surface area contributed by atoms with Crippen LogP contribution in [-0.2, 0) is 0 Å². The average molecular weight is 299 g/mol. The van der Waals surface area contributed by atoms with Crippen LogP contribution in [0.15, 0.2) is 17.5 Å². The predicted octanol–water partition coefficient (Wildman–Crippen LogP) is 3.69. The summed E-state index contributed by atoms with van der Waals surface area (Å²) in [5, 5.41) is 12.2. The molecule has 0 radical (unpaired) electrons. The zero-order valence-electron chi connectivity index (χ0n) is 6.97. The van der Waals surface area contributed by atoms with Crippen LogP contribution in [0.2, 0.25) is 0 Å². The molecule has 13 heavy (non-hydrogen) atoms. The number of hydrogen-bond acceptors (Lipinski definition) is 2. The molecule has 1 nitrogen and oxygen atoms in total. The molecule has 0 aliphatic heterocycles. The van der Waals surface area contributed by atoms with E-state index in [1.54, 1.807) is 11.3 Å². The Morgan fingerprint density at radius 3 is 2.92 bits per heavy atom. The van der Waals surface area contributed by atoms with Crippen molar-refractivity contribution >= 4 is 44.0 Å². The topological polar surface area (TPSA) is 23.8 Å². The Bertz CT molecular complexity index is 507. The van der Waals surface area contributed by atoms with Gasteiger partial charge in [0.05, 0.1) is 11.6 Å². The summed E-state index contributed by atoms with van der Waals surface area (Å²) in [6.07, 6.45) is 0. The van der Waals surface area contributed by atoms with Gasteiger partial charge in [0, 0.05) is 19.0 Å². The van der Waals surface area contributed by atoms with E-state index in [9.17, 15) is 0 Å². The number of halogens is 1. The van der Waals surface area contributed by atoms with Crippen molar-refractivity contribution in [2.45, 2.75) is 6.92 Å². The maximum absolute atomic E-state index is 8.84. The van der Waals surface area contributed by atoms with Gasteiger partial charge in [0.15, 0.2) is 0 Å². The van der Waals surface area contributed by atoms with Gasteiger partial charge in [-0.15, -0.1) is 11.3 Å². The molecule has 0 N–H and O–H groups in total. The smallest absolute Gasteiger partial charge is 0.0994 e. The van der Waals surface area contributed by atoms with E-state index in [-0.39, 0.29) is 0 Å². The second-order valence-corrected chi connectivity index (χ2v) is 4.85. The number of thiophene rings is 1. The van der Waals surface area contributed by atoms with Crippen LogP contribution in [0.5, 0.6) is 0 Å². The van der Waals surface area contributed by atoms with Gasteiger partial charge in [-0.25, -0.2) is 0 Å². The molecular formula is C10H6INS. The van der Waals surface area contributed by atoms with E-state index in [0.29, 0.717) is 0 Å². The van der Waals surface area contributed by atoms with Crippen LogP contribution in [0.25, 0.3) is 10.1 Å². The Hall–Kier alpha value is -0.600. The molecule has 0 atom stereocenters. The second kappa shape index (κ2) is 3.28. The van der Waals surface area contributed by atoms with Gasteiger partial charge in [-0.2, -0.15) is 5.26 Å². The van der Waals surface area contributed by atoms with Crippen molar-refractivity contribution in [1.82, 2.24) is 0 Å². The Labute approximate surface area is 94.1 Å². The minimum atomic E-state index is 0.783. The molecule has 0 bridgehead atoms. The SMILES string of the molecule is Cc1c(C#N)ccc2c(I)csc12. The zero-order valence-corrected chi connectivity index (χ0v) is 9.94. The summed E-state index contributed by atoms with van der Waals surface area (Å²) in [5.41, 5.74) is 1.89. The van der Waals surface area contributed by atoms with Crippen LogP contribution in [0.1, 0.15) is 11.1 Å². The molecule has 0 saturated carbocycles. The number of nitrogens with zero attached hydrogens (tertiary/aromatic N) is 1. The molecule has 64 valence electrons. The van der Waals surface area contributed by atoms with Crippen molar-refractivity contribution in [3.05, 3.63) is 32.2 Å². The molecule has 0 amide bonds. The highest BCUT2D eigenvalue weighted by molar-refractivity contribution is 14.1. The minimum absolute atomic E-state index is 0.783. The van der Waals surface area contributed by atoms with Gasteiger partial charge in [0.25, 0.3) is 0 Å². The zero-order chi connectivity index (χ0) is 9.42. The van der Waals surface area contributed by atoms with E-state index in [0.717, 1.165) is 11.1 Å². The van der Waals surface area contributed by atoms with Gasteiger partial charge in [-0.1, -0.05) is 6.07 Å². The standard InChI is InChI=1S/C10H6INS/c1-6-7(4-12)2-3-8-9(11)5-13-10(6)8/h2-3,5H,1H3. The summed E-state index contributed by atoms with van der Waals surface area (Å²) in [7, 11) is 0. The van der Waals surface area contributed by atoms with E-state index in [2.05, 4.69) is 34.0 Å². The molecule has 0 fully saturated rings. The fourth-order valence-electron chi connectivity index (χ4n) is 1.33. The molecule has 1 aromatic heterocycles. The number of fused-ring (bicyclic) bond motifs is 1. The highest BCUT2D eigenvalue weighted by Crippen LogP contribution is 2.31. The molecular weight excluding hydrogens is 293 g/mol. The molecule has 3 heteroatoms. The first-order valence-corrected chi connectivity index (χ1v) is 5.76. The highest BCUT2D eigenvalue weighted by Gasteiger charge is 2.06. The van der Waals surface area contributed by atoms with Gasteiger partial charge in [0.1, 0.15) is 0 Å². The number of aryl methyl sites for hydroxylation is 1. The van der Waals surface area contributed by atoms with Gasteiger partial charge < -0.3 is 0 Å². The van der Waals surface area contributed by atoms with E-state index >= 15 is 0 Å². The van der Waals surface area contributed by atoms with Gasteiger partial charge in [-0.3, -0.25) is 0 Å². The largest absolute Gasteiger partial charge is 0.192 e. The fraction of sp³-hybridized carbons (Fsp3) is 0.100. The summed E-state index contributed by atoms with van der Waals surface area (Å²) >= 11 is 4.03. The lowest BCUT2D eigenvalue weighted by atomic mass is 10.1. The van der Waals surface area contributed by atoms with Crippen LogP contribution in [0.3, 0.4) is 0 Å². The van der Waals surface area contributed by atoms with E-state index < -0.39 is 0 Å². The summed E-state index contributed by atoms with van der Waals surface area (Å²) in [6.45, 7) is 2.01. The summed E-state index contributed by atoms with van der Waals surface area (Å²) < 4.78 is 2.51. The molecule has 2 aromatic rings. The lowest BCUT2D eigenvalue weighted by molar-refractivity contribution is 1.44. The van der Waals surface area contributed by atoms with Crippen LogP contribution < -0.4 is 0 Å². The lowest BCUT2D eigenvalue weighted by Gasteiger charge is -1.97. The molecule has 0 aliphatic rings. The average Bonchev–Trinajstić information content (AvgIpc) is 2.50. The Morgan fingerprint density at radius 1 is 1.46 bits per heavy atom. The van der Waals surface area contributed by atoms with E-state index in [4.69, 9.17) is 5.26 Å². The molecule has 0 saturated heterocycles. The molecule has 1 aromatic carbocycles. The van der Waals surface area contributed by atoms with Crippen molar-refractivity contribution < 1.29 is 0 Å². The van der Waals surface area contributed by atoms with Crippen molar-refractivity contribution in [3.63, 3.8) is 0 Å². The second-order valence-electron chi connectivity index (χ2n) is 2.81. The third-order valence-electron chi connectivity index (χ3n) is 2.06. The minimum Gasteiger partial charge on any atom is -0.192 e. The number of benzene rings is 1. The quantitative estimate of drug-likeness (QED) is 0.681. The normalized spacial score (nSPS) is 10.2. The fourth-order valence-corrected chi connectivity index (χ4v) is 3.28. The molecule has 1 heterocycles. The van der Waals surface area contributed by atoms with Gasteiger partial charge in [-0.05, 0) is 41.1 Å². The van der Waals surface area contributed by atoms with Crippen LogP contribution in [0.4, 0.5) is 0 Å². The molecule has 2 rings (SSSR count). The van der Waals surface area contributed by atoms with Gasteiger partial charge in [0.2, 0.25) is 0 Å². The summed E-state index contributed by atoms with van der Waals surface area (Å²) in [6, 6.07) is 6.12. The highest BCUT2D eigenvalue weighted by atomic mass is 127. The first-order chi connectivity index (χ1) is 6.24. The van der Waals surface area contributed by atoms with Crippen LogP contribution in [-0.4, -0.2) is 0 Å². The molecule has 0 unspecified atom stereocenters.